The zero-order valence-corrected chi connectivity index (χ0v) is 10.6. The van der Waals surface area contributed by atoms with Crippen molar-refractivity contribution in [1.82, 2.24) is 4.90 Å². The molecule has 1 unspecified atom stereocenters. The molecular weight excluding hydrogens is 250 g/mol. The van der Waals surface area contributed by atoms with Gasteiger partial charge >= 0.3 is 0 Å². The van der Waals surface area contributed by atoms with Crippen LogP contribution in [0.4, 0.5) is 8.78 Å². The molecule has 0 saturated carbocycles. The summed E-state index contributed by atoms with van der Waals surface area (Å²) in [5, 5.41) is 8.75. The molecule has 0 rings (SSSR count). The lowest BCUT2D eigenvalue weighted by Gasteiger charge is -2.25. The fourth-order valence-corrected chi connectivity index (χ4v) is 1.69. The Bertz CT molecular complexity index is 265. The molecule has 0 aliphatic carbocycles. The molecule has 0 radical (unpaired) electrons. The molecule has 17 heavy (non-hydrogen) atoms. The maximum absolute atomic E-state index is 12.3. The average molecular weight is 268 g/mol. The van der Waals surface area contributed by atoms with Crippen molar-refractivity contribution < 1.29 is 18.7 Å². The van der Waals surface area contributed by atoms with Gasteiger partial charge in [0, 0.05) is 6.54 Å². The van der Waals surface area contributed by atoms with E-state index in [1.54, 1.807) is 0 Å². The predicted molar refractivity (Wildman–Crippen MR) is 64.9 cm³/mol. The van der Waals surface area contributed by atoms with E-state index < -0.39 is 24.8 Å². The molecule has 0 aromatic heterocycles. The summed E-state index contributed by atoms with van der Waals surface area (Å²) in [6.07, 6.45) is -1.53. The first kappa shape index (κ1) is 16.2. The van der Waals surface area contributed by atoms with E-state index in [-0.39, 0.29) is 18.1 Å². The van der Waals surface area contributed by atoms with Gasteiger partial charge in [-0.25, -0.2) is 8.78 Å². The van der Waals surface area contributed by atoms with Crippen LogP contribution in [0.25, 0.3) is 0 Å². The molecule has 1 amide bonds. The fraction of sp³-hybridized carbons (Fsp3) is 0.800. The number of carbonyl (C=O) groups excluding carboxylic acids is 1. The number of aliphatic hydroxyl groups is 1. The van der Waals surface area contributed by atoms with E-state index >= 15 is 0 Å². The number of amides is 1. The number of hydrogen-bond donors (Lipinski definition) is 2. The van der Waals surface area contributed by atoms with Crippen LogP contribution in [0.2, 0.25) is 0 Å². The zero-order valence-electron chi connectivity index (χ0n) is 9.73. The first-order valence-electron chi connectivity index (χ1n) is 5.41. The Hall–Kier alpha value is -0.820. The van der Waals surface area contributed by atoms with E-state index in [2.05, 4.69) is 0 Å². The van der Waals surface area contributed by atoms with Gasteiger partial charge in [0.1, 0.15) is 0 Å². The van der Waals surface area contributed by atoms with Crippen molar-refractivity contribution in [3.63, 3.8) is 0 Å². The summed E-state index contributed by atoms with van der Waals surface area (Å²) in [4.78, 5) is 12.8. The van der Waals surface area contributed by atoms with Crippen molar-refractivity contribution in [2.75, 3.05) is 19.7 Å². The maximum Gasteiger partial charge on any atom is 0.255 e. The van der Waals surface area contributed by atoms with Crippen LogP contribution in [0.15, 0.2) is 0 Å². The minimum atomic E-state index is -2.64. The van der Waals surface area contributed by atoms with E-state index in [1.165, 1.54) is 0 Å². The number of carbonyl (C=O) groups is 1. The molecule has 0 saturated heterocycles. The highest BCUT2D eigenvalue weighted by Gasteiger charge is 2.27. The molecule has 0 heterocycles. The number of nitrogens with zero attached hydrogens (tertiary/aromatic N) is 1. The highest BCUT2D eigenvalue weighted by Crippen LogP contribution is 2.12. The van der Waals surface area contributed by atoms with E-state index in [4.69, 9.17) is 23.1 Å². The molecule has 4 nitrogen and oxygen atoms in total. The SMILES string of the molecule is CCCC(C(=O)N(CCO)CC(F)F)C(N)=S. The van der Waals surface area contributed by atoms with Gasteiger partial charge in [-0.1, -0.05) is 25.6 Å². The Morgan fingerprint density at radius 1 is 1.53 bits per heavy atom. The Morgan fingerprint density at radius 3 is 2.47 bits per heavy atom. The van der Waals surface area contributed by atoms with Gasteiger partial charge in [0.05, 0.1) is 24.1 Å². The zero-order chi connectivity index (χ0) is 13.4. The minimum Gasteiger partial charge on any atom is -0.395 e. The average Bonchev–Trinajstić information content (AvgIpc) is 2.23. The van der Waals surface area contributed by atoms with Crippen molar-refractivity contribution >= 4 is 23.1 Å². The summed E-state index contributed by atoms with van der Waals surface area (Å²) in [6, 6.07) is 0. The maximum atomic E-state index is 12.3. The summed E-state index contributed by atoms with van der Waals surface area (Å²) in [6.45, 7) is 0.644. The molecule has 1 atom stereocenters. The van der Waals surface area contributed by atoms with Crippen molar-refractivity contribution in [3.8, 4) is 0 Å². The summed E-state index contributed by atoms with van der Waals surface area (Å²) < 4.78 is 24.6. The number of alkyl halides is 2. The van der Waals surface area contributed by atoms with Crippen LogP contribution < -0.4 is 5.73 Å². The van der Waals surface area contributed by atoms with Gasteiger partial charge in [0.2, 0.25) is 5.91 Å². The smallest absolute Gasteiger partial charge is 0.255 e. The number of thiocarbonyl (C=S) groups is 1. The second-order valence-electron chi connectivity index (χ2n) is 3.64. The van der Waals surface area contributed by atoms with Crippen molar-refractivity contribution in [1.29, 1.82) is 0 Å². The Morgan fingerprint density at radius 2 is 2.12 bits per heavy atom. The summed E-state index contributed by atoms with van der Waals surface area (Å²) in [7, 11) is 0. The van der Waals surface area contributed by atoms with Crippen LogP contribution in [0, 0.1) is 5.92 Å². The van der Waals surface area contributed by atoms with Gasteiger partial charge in [0.15, 0.2) is 0 Å². The van der Waals surface area contributed by atoms with Crippen LogP contribution in [-0.4, -0.2) is 47.0 Å². The first-order valence-corrected chi connectivity index (χ1v) is 5.81. The molecule has 7 heteroatoms. The monoisotopic (exact) mass is 268 g/mol. The third-order valence-electron chi connectivity index (χ3n) is 2.26. The van der Waals surface area contributed by atoms with Gasteiger partial charge in [-0.05, 0) is 6.42 Å². The number of halogens is 2. The number of aliphatic hydroxyl groups excluding tert-OH is 1. The van der Waals surface area contributed by atoms with Crippen molar-refractivity contribution in [3.05, 3.63) is 0 Å². The van der Waals surface area contributed by atoms with E-state index in [0.29, 0.717) is 12.8 Å². The molecule has 0 aromatic carbocycles. The van der Waals surface area contributed by atoms with Crippen LogP contribution in [-0.2, 0) is 4.79 Å². The fourth-order valence-electron chi connectivity index (χ4n) is 1.48. The number of nitrogens with two attached hydrogens (primary N) is 1. The molecular formula is C10H18F2N2O2S. The summed E-state index contributed by atoms with van der Waals surface area (Å²) in [5.41, 5.74) is 5.42. The third-order valence-corrected chi connectivity index (χ3v) is 2.54. The van der Waals surface area contributed by atoms with Crippen LogP contribution in [0.5, 0.6) is 0 Å². The molecule has 100 valence electrons. The predicted octanol–water partition coefficient (Wildman–Crippen LogP) is 0.775. The Balaban J connectivity index is 4.70. The van der Waals surface area contributed by atoms with Crippen molar-refractivity contribution in [2.24, 2.45) is 11.7 Å². The molecule has 0 spiro atoms. The number of hydrogen-bond acceptors (Lipinski definition) is 3. The third kappa shape index (κ3) is 5.88. The Labute approximate surface area is 105 Å². The van der Waals surface area contributed by atoms with Gasteiger partial charge < -0.3 is 15.7 Å². The largest absolute Gasteiger partial charge is 0.395 e. The summed E-state index contributed by atoms with van der Waals surface area (Å²) >= 11 is 4.76. The molecule has 0 fully saturated rings. The second kappa shape index (κ2) is 8.30. The number of rotatable bonds is 8. The standard InChI is InChI=1S/C10H18F2N2O2S/c1-2-3-7(9(13)17)10(16)14(4-5-15)6-8(11)12/h7-8,15H,2-6H2,1H3,(H2,13,17). The lowest BCUT2D eigenvalue weighted by Crippen LogP contribution is -2.44. The molecule has 0 aliphatic rings. The van der Waals surface area contributed by atoms with Crippen LogP contribution >= 0.6 is 12.2 Å². The first-order chi connectivity index (χ1) is 7.93. The quantitative estimate of drug-likeness (QED) is 0.638. The normalized spacial score (nSPS) is 12.5. The molecule has 0 aliphatic heterocycles. The van der Waals surface area contributed by atoms with E-state index in [9.17, 15) is 13.6 Å². The van der Waals surface area contributed by atoms with Gasteiger partial charge in [0.25, 0.3) is 6.43 Å². The van der Waals surface area contributed by atoms with Crippen LogP contribution in [0.1, 0.15) is 19.8 Å². The minimum absolute atomic E-state index is 0.00839. The highest BCUT2D eigenvalue weighted by molar-refractivity contribution is 7.80. The van der Waals surface area contributed by atoms with Crippen molar-refractivity contribution in [2.45, 2.75) is 26.2 Å². The Kier molecular flexibility index (Phi) is 7.90. The molecule has 0 bridgehead atoms. The molecule has 3 N–H and O–H groups in total. The topological polar surface area (TPSA) is 66.6 Å². The second-order valence-corrected chi connectivity index (χ2v) is 4.11. The highest BCUT2D eigenvalue weighted by atomic mass is 32.1. The van der Waals surface area contributed by atoms with Crippen LogP contribution in [0.3, 0.4) is 0 Å². The van der Waals surface area contributed by atoms with Gasteiger partial charge in [-0.15, -0.1) is 0 Å². The lowest BCUT2D eigenvalue weighted by atomic mass is 10.0. The van der Waals surface area contributed by atoms with Gasteiger partial charge in [-0.2, -0.15) is 0 Å². The van der Waals surface area contributed by atoms with E-state index in [1.807, 2.05) is 6.92 Å². The van der Waals surface area contributed by atoms with E-state index in [0.717, 1.165) is 4.90 Å². The van der Waals surface area contributed by atoms with Gasteiger partial charge in [-0.3, -0.25) is 4.79 Å². The molecule has 0 aromatic rings. The lowest BCUT2D eigenvalue weighted by molar-refractivity contribution is -0.136. The summed E-state index contributed by atoms with van der Waals surface area (Å²) in [5.74, 6) is -1.26.